The highest BCUT2D eigenvalue weighted by atomic mass is 16.2. The number of hydrogen-bond acceptors (Lipinski definition) is 2. The predicted octanol–water partition coefficient (Wildman–Crippen LogP) is -0.0383. The first kappa shape index (κ1) is 9.32. The number of likely N-dealkylation sites (N-methyl/N-ethyl adjacent to an activating group) is 1. The highest BCUT2D eigenvalue weighted by molar-refractivity contribution is 5.74. The molecule has 70 valence electrons. The fourth-order valence-electron chi connectivity index (χ4n) is 1.45. The molecule has 1 fully saturated rings. The van der Waals surface area contributed by atoms with Gasteiger partial charge in [-0.3, -0.25) is 0 Å². The van der Waals surface area contributed by atoms with E-state index in [1.54, 1.807) is 19.0 Å². The zero-order valence-electron chi connectivity index (χ0n) is 8.00. The number of rotatable bonds is 1. The van der Waals surface area contributed by atoms with Crippen molar-refractivity contribution in [2.75, 3.05) is 34.2 Å². The highest BCUT2D eigenvalue weighted by Crippen LogP contribution is 2.09. The van der Waals surface area contributed by atoms with Crippen LogP contribution in [0.15, 0.2) is 0 Å². The van der Waals surface area contributed by atoms with Crippen molar-refractivity contribution in [2.24, 2.45) is 0 Å². The molecule has 2 amide bonds. The second-order valence-corrected chi connectivity index (χ2v) is 3.40. The fraction of sp³-hybridized carbons (Fsp3) is 0.875. The normalized spacial score (nSPS) is 22.9. The molecule has 0 saturated carbocycles. The van der Waals surface area contributed by atoms with Crippen LogP contribution in [0.5, 0.6) is 0 Å². The number of nitrogens with one attached hydrogen (secondary N) is 1. The average Bonchev–Trinajstić information content (AvgIpc) is 2.50. The Bertz CT molecular complexity index is 170. The zero-order valence-corrected chi connectivity index (χ0v) is 8.00. The van der Waals surface area contributed by atoms with Gasteiger partial charge in [0, 0.05) is 33.2 Å². The molecule has 1 atom stereocenters. The smallest absolute Gasteiger partial charge is 0.319 e. The number of carbonyl (C=O) groups is 1. The Hall–Kier alpha value is -0.770. The average molecular weight is 171 g/mol. The Morgan fingerprint density at radius 1 is 1.58 bits per heavy atom. The molecule has 0 aliphatic carbocycles. The van der Waals surface area contributed by atoms with Gasteiger partial charge in [0.1, 0.15) is 0 Å². The molecule has 1 aliphatic rings. The third kappa shape index (κ3) is 1.88. The lowest BCUT2D eigenvalue weighted by atomic mass is 10.3. The van der Waals surface area contributed by atoms with Gasteiger partial charge in [-0.15, -0.1) is 0 Å². The summed E-state index contributed by atoms with van der Waals surface area (Å²) in [6.07, 6.45) is 1.07. The van der Waals surface area contributed by atoms with Crippen LogP contribution < -0.4 is 5.32 Å². The molecule has 1 unspecified atom stereocenters. The molecule has 4 nitrogen and oxygen atoms in total. The molecule has 1 saturated heterocycles. The summed E-state index contributed by atoms with van der Waals surface area (Å²) in [6.45, 7) is 1.72. The van der Waals surface area contributed by atoms with Gasteiger partial charge < -0.3 is 15.1 Å². The number of hydrogen-bond donors (Lipinski definition) is 1. The van der Waals surface area contributed by atoms with Crippen molar-refractivity contribution in [3.8, 4) is 0 Å². The van der Waals surface area contributed by atoms with Gasteiger partial charge >= 0.3 is 6.03 Å². The van der Waals surface area contributed by atoms with Crippen LogP contribution in [0.4, 0.5) is 4.79 Å². The van der Waals surface area contributed by atoms with Gasteiger partial charge in [-0.25, -0.2) is 4.79 Å². The van der Waals surface area contributed by atoms with Crippen molar-refractivity contribution in [3.63, 3.8) is 0 Å². The zero-order chi connectivity index (χ0) is 9.14. The molecule has 1 aliphatic heterocycles. The van der Waals surface area contributed by atoms with E-state index in [4.69, 9.17) is 0 Å². The Morgan fingerprint density at radius 2 is 2.25 bits per heavy atom. The van der Waals surface area contributed by atoms with Gasteiger partial charge in [-0.05, 0) is 13.5 Å². The van der Waals surface area contributed by atoms with Gasteiger partial charge in [0.25, 0.3) is 0 Å². The largest absolute Gasteiger partial charge is 0.331 e. The summed E-state index contributed by atoms with van der Waals surface area (Å²) in [5.74, 6) is 0. The van der Waals surface area contributed by atoms with E-state index in [0.29, 0.717) is 6.04 Å². The quantitative estimate of drug-likeness (QED) is 0.601. The summed E-state index contributed by atoms with van der Waals surface area (Å²) in [7, 11) is 5.51. The molecule has 12 heavy (non-hydrogen) atoms. The summed E-state index contributed by atoms with van der Waals surface area (Å²) < 4.78 is 0. The van der Waals surface area contributed by atoms with E-state index >= 15 is 0 Å². The third-order valence-corrected chi connectivity index (χ3v) is 2.25. The monoisotopic (exact) mass is 171 g/mol. The molecule has 0 radical (unpaired) electrons. The van der Waals surface area contributed by atoms with E-state index in [1.165, 1.54) is 0 Å². The molecule has 0 bridgehead atoms. The summed E-state index contributed by atoms with van der Waals surface area (Å²) in [6, 6.07) is 0.599. The first-order valence-electron chi connectivity index (χ1n) is 4.28. The first-order chi connectivity index (χ1) is 5.65. The van der Waals surface area contributed by atoms with Crippen LogP contribution in [0.3, 0.4) is 0 Å². The van der Waals surface area contributed by atoms with Crippen molar-refractivity contribution < 1.29 is 4.79 Å². The second-order valence-electron chi connectivity index (χ2n) is 3.40. The number of amides is 2. The molecular weight excluding hydrogens is 154 g/mol. The topological polar surface area (TPSA) is 35.6 Å². The van der Waals surface area contributed by atoms with Crippen LogP contribution in [0.1, 0.15) is 6.42 Å². The lowest BCUT2D eigenvalue weighted by Gasteiger charge is -2.21. The van der Waals surface area contributed by atoms with Crippen molar-refractivity contribution in [1.29, 1.82) is 0 Å². The predicted molar refractivity (Wildman–Crippen MR) is 48.1 cm³/mol. The van der Waals surface area contributed by atoms with Gasteiger partial charge in [0.15, 0.2) is 0 Å². The molecule has 0 aromatic rings. The minimum Gasteiger partial charge on any atom is -0.331 e. The molecule has 0 spiro atoms. The Labute approximate surface area is 73.5 Å². The number of likely N-dealkylation sites (tertiary alicyclic amines) is 1. The van der Waals surface area contributed by atoms with Crippen molar-refractivity contribution in [3.05, 3.63) is 0 Å². The molecule has 1 rings (SSSR count). The minimum atomic E-state index is 0.118. The molecule has 1 heterocycles. The SMILES string of the molecule is CNC1CCN(C(=O)N(C)C)C1. The summed E-state index contributed by atoms with van der Waals surface area (Å²) in [5, 5.41) is 3.18. The Balaban J connectivity index is 2.41. The maximum Gasteiger partial charge on any atom is 0.319 e. The van der Waals surface area contributed by atoms with Crippen LogP contribution in [0.25, 0.3) is 0 Å². The highest BCUT2D eigenvalue weighted by Gasteiger charge is 2.25. The Kier molecular flexibility index (Phi) is 2.92. The maximum atomic E-state index is 11.4. The number of urea groups is 1. The van der Waals surface area contributed by atoms with Crippen LogP contribution in [-0.2, 0) is 0 Å². The second kappa shape index (κ2) is 3.76. The van der Waals surface area contributed by atoms with Crippen LogP contribution in [0.2, 0.25) is 0 Å². The van der Waals surface area contributed by atoms with Gasteiger partial charge in [-0.2, -0.15) is 0 Å². The van der Waals surface area contributed by atoms with E-state index in [9.17, 15) is 4.79 Å². The van der Waals surface area contributed by atoms with Crippen molar-refractivity contribution >= 4 is 6.03 Å². The molecule has 4 heteroatoms. The standard InChI is InChI=1S/C8H17N3O/c1-9-7-4-5-11(6-7)8(12)10(2)3/h7,9H,4-6H2,1-3H3. The molecule has 0 aromatic heterocycles. The van der Waals surface area contributed by atoms with E-state index < -0.39 is 0 Å². The van der Waals surface area contributed by atoms with E-state index in [1.807, 2.05) is 11.9 Å². The van der Waals surface area contributed by atoms with Gasteiger partial charge in [-0.1, -0.05) is 0 Å². The molecule has 0 aromatic carbocycles. The van der Waals surface area contributed by atoms with E-state index in [-0.39, 0.29) is 6.03 Å². The van der Waals surface area contributed by atoms with Crippen LogP contribution in [0, 0.1) is 0 Å². The maximum absolute atomic E-state index is 11.4. The molecular formula is C8H17N3O. The fourth-order valence-corrected chi connectivity index (χ4v) is 1.45. The summed E-state index contributed by atoms with van der Waals surface area (Å²) in [4.78, 5) is 14.9. The number of carbonyl (C=O) groups excluding carboxylic acids is 1. The summed E-state index contributed by atoms with van der Waals surface area (Å²) in [5.41, 5.74) is 0. The summed E-state index contributed by atoms with van der Waals surface area (Å²) >= 11 is 0. The lowest BCUT2D eigenvalue weighted by molar-refractivity contribution is 0.181. The first-order valence-corrected chi connectivity index (χ1v) is 4.28. The van der Waals surface area contributed by atoms with E-state index in [2.05, 4.69) is 5.32 Å². The van der Waals surface area contributed by atoms with Crippen LogP contribution in [-0.4, -0.2) is 56.1 Å². The Morgan fingerprint density at radius 3 is 2.67 bits per heavy atom. The van der Waals surface area contributed by atoms with Gasteiger partial charge in [0.2, 0.25) is 0 Å². The van der Waals surface area contributed by atoms with E-state index in [0.717, 1.165) is 19.5 Å². The van der Waals surface area contributed by atoms with Crippen molar-refractivity contribution in [1.82, 2.24) is 15.1 Å². The lowest BCUT2D eigenvalue weighted by Crippen LogP contribution is -2.39. The van der Waals surface area contributed by atoms with Crippen LogP contribution >= 0.6 is 0 Å². The van der Waals surface area contributed by atoms with Crippen molar-refractivity contribution in [2.45, 2.75) is 12.5 Å². The molecule has 1 N–H and O–H groups in total. The third-order valence-electron chi connectivity index (χ3n) is 2.25. The van der Waals surface area contributed by atoms with Gasteiger partial charge in [0.05, 0.1) is 0 Å². The number of nitrogens with zero attached hydrogens (tertiary/aromatic N) is 2. The minimum absolute atomic E-state index is 0.118.